The van der Waals surface area contributed by atoms with Crippen LogP contribution in [0.3, 0.4) is 0 Å². The summed E-state index contributed by atoms with van der Waals surface area (Å²) >= 11 is 1.45. The van der Waals surface area contributed by atoms with E-state index in [1.165, 1.54) is 11.8 Å². The standard InChI is InChI=1S/C18H16N2O3S/c1-12(18(21)20-14-4-2-13(11-19)3-5-14)24-15-6-7-16-17(10-15)23-9-8-22-16/h2-7,10,12H,8-9H2,1H3,(H,20,21)/t12-/m1/s1. The highest BCUT2D eigenvalue weighted by molar-refractivity contribution is 8.00. The van der Waals surface area contributed by atoms with Gasteiger partial charge in [-0.25, -0.2) is 0 Å². The quantitative estimate of drug-likeness (QED) is 0.863. The molecule has 0 aromatic heterocycles. The number of nitrogens with zero attached hydrogens (tertiary/aromatic N) is 1. The predicted molar refractivity (Wildman–Crippen MR) is 92.5 cm³/mol. The summed E-state index contributed by atoms with van der Waals surface area (Å²) in [5.41, 5.74) is 1.24. The first-order valence-electron chi connectivity index (χ1n) is 7.53. The smallest absolute Gasteiger partial charge is 0.237 e. The zero-order valence-corrected chi connectivity index (χ0v) is 13.9. The fraction of sp³-hybridized carbons (Fsp3) is 0.222. The Balaban J connectivity index is 1.62. The summed E-state index contributed by atoms with van der Waals surface area (Å²) in [6.07, 6.45) is 0. The van der Waals surface area contributed by atoms with Crippen LogP contribution in [-0.2, 0) is 4.79 Å². The van der Waals surface area contributed by atoms with Crippen molar-refractivity contribution in [3.05, 3.63) is 48.0 Å². The molecule has 122 valence electrons. The molecule has 0 saturated carbocycles. The molecule has 1 amide bonds. The normalized spacial score (nSPS) is 13.7. The predicted octanol–water partition coefficient (Wildman–Crippen LogP) is 3.45. The number of rotatable bonds is 4. The van der Waals surface area contributed by atoms with E-state index < -0.39 is 0 Å². The summed E-state index contributed by atoms with van der Waals surface area (Å²) in [6, 6.07) is 14.5. The molecule has 1 atom stereocenters. The number of nitrogens with one attached hydrogen (secondary N) is 1. The highest BCUT2D eigenvalue weighted by Gasteiger charge is 2.17. The second-order valence-electron chi connectivity index (χ2n) is 5.24. The van der Waals surface area contributed by atoms with E-state index in [1.807, 2.05) is 31.2 Å². The SMILES string of the molecule is C[C@@H](Sc1ccc2c(c1)OCCO2)C(=O)Nc1ccc(C#N)cc1. The van der Waals surface area contributed by atoms with Gasteiger partial charge in [-0.2, -0.15) is 5.26 Å². The molecule has 1 heterocycles. The number of carbonyl (C=O) groups excluding carboxylic acids is 1. The van der Waals surface area contributed by atoms with E-state index in [-0.39, 0.29) is 11.2 Å². The summed E-state index contributed by atoms with van der Waals surface area (Å²) in [5, 5.41) is 11.4. The first-order chi connectivity index (χ1) is 11.7. The summed E-state index contributed by atoms with van der Waals surface area (Å²) in [5.74, 6) is 1.35. The van der Waals surface area contributed by atoms with Crippen molar-refractivity contribution in [3.8, 4) is 17.6 Å². The van der Waals surface area contributed by atoms with Gasteiger partial charge in [0, 0.05) is 10.6 Å². The highest BCUT2D eigenvalue weighted by Crippen LogP contribution is 2.35. The van der Waals surface area contributed by atoms with Gasteiger partial charge in [0.1, 0.15) is 13.2 Å². The second-order valence-corrected chi connectivity index (χ2v) is 6.66. The van der Waals surface area contributed by atoms with Gasteiger partial charge < -0.3 is 14.8 Å². The summed E-state index contributed by atoms with van der Waals surface area (Å²) in [6.45, 7) is 2.94. The topological polar surface area (TPSA) is 71.3 Å². The first kappa shape index (κ1) is 16.2. The Kier molecular flexibility index (Phi) is 4.92. The van der Waals surface area contributed by atoms with Crippen LogP contribution in [0.4, 0.5) is 5.69 Å². The van der Waals surface area contributed by atoms with Gasteiger partial charge in [-0.15, -0.1) is 11.8 Å². The largest absolute Gasteiger partial charge is 0.486 e. The van der Waals surface area contributed by atoms with Crippen molar-refractivity contribution in [1.82, 2.24) is 0 Å². The zero-order valence-electron chi connectivity index (χ0n) is 13.1. The lowest BCUT2D eigenvalue weighted by Crippen LogP contribution is -2.22. The van der Waals surface area contributed by atoms with Crippen molar-refractivity contribution in [2.75, 3.05) is 18.5 Å². The first-order valence-corrected chi connectivity index (χ1v) is 8.41. The molecule has 1 aliphatic rings. The monoisotopic (exact) mass is 340 g/mol. The van der Waals surface area contributed by atoms with E-state index in [1.54, 1.807) is 24.3 Å². The molecule has 0 fully saturated rings. The van der Waals surface area contributed by atoms with Crippen LogP contribution in [0.5, 0.6) is 11.5 Å². The van der Waals surface area contributed by atoms with Crippen LogP contribution in [0.2, 0.25) is 0 Å². The maximum atomic E-state index is 12.3. The van der Waals surface area contributed by atoms with Gasteiger partial charge in [-0.1, -0.05) is 0 Å². The molecule has 5 nitrogen and oxygen atoms in total. The lowest BCUT2D eigenvalue weighted by atomic mass is 10.2. The Morgan fingerprint density at radius 3 is 2.58 bits per heavy atom. The average molecular weight is 340 g/mol. The Hall–Kier alpha value is -2.65. The maximum absolute atomic E-state index is 12.3. The number of hydrogen-bond donors (Lipinski definition) is 1. The molecule has 3 rings (SSSR count). The van der Waals surface area contributed by atoms with Crippen molar-refractivity contribution in [2.45, 2.75) is 17.1 Å². The minimum Gasteiger partial charge on any atom is -0.486 e. The van der Waals surface area contributed by atoms with E-state index in [0.29, 0.717) is 30.2 Å². The number of amides is 1. The minimum absolute atomic E-state index is 0.0976. The molecule has 6 heteroatoms. The number of fused-ring (bicyclic) bond motifs is 1. The lowest BCUT2D eigenvalue weighted by Gasteiger charge is -2.19. The van der Waals surface area contributed by atoms with Crippen molar-refractivity contribution >= 4 is 23.4 Å². The van der Waals surface area contributed by atoms with Crippen molar-refractivity contribution < 1.29 is 14.3 Å². The average Bonchev–Trinajstić information content (AvgIpc) is 2.62. The van der Waals surface area contributed by atoms with E-state index in [4.69, 9.17) is 14.7 Å². The number of benzene rings is 2. The van der Waals surface area contributed by atoms with Crippen LogP contribution in [0.25, 0.3) is 0 Å². The van der Waals surface area contributed by atoms with E-state index in [0.717, 1.165) is 10.6 Å². The number of nitriles is 1. The highest BCUT2D eigenvalue weighted by atomic mass is 32.2. The number of ether oxygens (including phenoxy) is 2. The van der Waals surface area contributed by atoms with Crippen LogP contribution in [0.15, 0.2) is 47.4 Å². The summed E-state index contributed by atoms with van der Waals surface area (Å²) in [7, 11) is 0. The van der Waals surface area contributed by atoms with Gasteiger partial charge in [0.25, 0.3) is 0 Å². The summed E-state index contributed by atoms with van der Waals surface area (Å²) < 4.78 is 11.1. The van der Waals surface area contributed by atoms with Gasteiger partial charge in [0.15, 0.2) is 11.5 Å². The number of carbonyl (C=O) groups is 1. The molecular formula is C18H16N2O3S. The number of anilines is 1. The van der Waals surface area contributed by atoms with Crippen LogP contribution in [0.1, 0.15) is 12.5 Å². The molecule has 0 spiro atoms. The minimum atomic E-state index is -0.275. The van der Waals surface area contributed by atoms with Crippen LogP contribution >= 0.6 is 11.8 Å². The van der Waals surface area contributed by atoms with Gasteiger partial charge in [0.05, 0.1) is 16.9 Å². The van der Waals surface area contributed by atoms with Gasteiger partial charge >= 0.3 is 0 Å². The maximum Gasteiger partial charge on any atom is 0.237 e. The van der Waals surface area contributed by atoms with Crippen molar-refractivity contribution in [3.63, 3.8) is 0 Å². The van der Waals surface area contributed by atoms with E-state index in [2.05, 4.69) is 5.32 Å². The van der Waals surface area contributed by atoms with E-state index >= 15 is 0 Å². The van der Waals surface area contributed by atoms with Gasteiger partial charge in [0.2, 0.25) is 5.91 Å². The Bertz CT molecular complexity index is 784. The van der Waals surface area contributed by atoms with Crippen molar-refractivity contribution in [2.24, 2.45) is 0 Å². The Morgan fingerprint density at radius 2 is 1.88 bits per heavy atom. The lowest BCUT2D eigenvalue weighted by molar-refractivity contribution is -0.115. The molecule has 0 aliphatic carbocycles. The van der Waals surface area contributed by atoms with Crippen molar-refractivity contribution in [1.29, 1.82) is 5.26 Å². The fourth-order valence-corrected chi connectivity index (χ4v) is 3.12. The van der Waals surface area contributed by atoms with Crippen LogP contribution in [0, 0.1) is 11.3 Å². The molecule has 0 radical (unpaired) electrons. The number of hydrogen-bond acceptors (Lipinski definition) is 5. The second kappa shape index (κ2) is 7.28. The molecule has 2 aromatic carbocycles. The molecule has 0 bridgehead atoms. The molecule has 0 unspecified atom stereocenters. The molecule has 24 heavy (non-hydrogen) atoms. The van der Waals surface area contributed by atoms with Gasteiger partial charge in [-0.05, 0) is 49.4 Å². The van der Waals surface area contributed by atoms with E-state index in [9.17, 15) is 4.79 Å². The zero-order chi connectivity index (χ0) is 16.9. The molecular weight excluding hydrogens is 324 g/mol. The molecule has 1 N–H and O–H groups in total. The molecule has 2 aromatic rings. The van der Waals surface area contributed by atoms with Crippen LogP contribution in [-0.4, -0.2) is 24.4 Å². The Labute approximate surface area is 144 Å². The molecule has 0 saturated heterocycles. The van der Waals surface area contributed by atoms with Crippen LogP contribution < -0.4 is 14.8 Å². The third kappa shape index (κ3) is 3.81. The fourth-order valence-electron chi connectivity index (χ4n) is 2.23. The third-order valence-electron chi connectivity index (χ3n) is 3.48. The summed E-state index contributed by atoms with van der Waals surface area (Å²) in [4.78, 5) is 13.3. The molecule has 1 aliphatic heterocycles. The third-order valence-corrected chi connectivity index (χ3v) is 4.57. The Morgan fingerprint density at radius 1 is 1.17 bits per heavy atom. The number of thioether (sulfide) groups is 1. The van der Waals surface area contributed by atoms with Gasteiger partial charge in [-0.3, -0.25) is 4.79 Å².